The van der Waals surface area contributed by atoms with Crippen LogP contribution in [0.2, 0.25) is 0 Å². The molecule has 1 aromatic carbocycles. The van der Waals surface area contributed by atoms with E-state index >= 15 is 0 Å². The molecule has 1 fully saturated rings. The number of nitrogens with zero attached hydrogens (tertiary/aromatic N) is 3. The largest absolute Gasteiger partial charge is 0.465 e. The van der Waals surface area contributed by atoms with Crippen LogP contribution in [0.5, 0.6) is 0 Å². The van der Waals surface area contributed by atoms with Gasteiger partial charge in [0, 0.05) is 43.4 Å². The molecular weight excluding hydrogens is 438 g/mol. The molecule has 1 saturated heterocycles. The summed E-state index contributed by atoms with van der Waals surface area (Å²) in [5, 5.41) is 9.89. The molecule has 3 rings (SSSR count). The Morgan fingerprint density at radius 1 is 1.06 bits per heavy atom. The normalized spacial score (nSPS) is 14.2. The lowest BCUT2D eigenvalue weighted by atomic mass is 10.2. The number of aromatic nitrogens is 1. The van der Waals surface area contributed by atoms with Crippen LogP contribution in [0.25, 0.3) is 10.9 Å². The fourth-order valence-corrected chi connectivity index (χ4v) is 4.58. The van der Waals surface area contributed by atoms with Gasteiger partial charge in [-0.3, -0.25) is 0 Å². The molecule has 0 unspecified atom stereocenters. The van der Waals surface area contributed by atoms with Gasteiger partial charge >= 0.3 is 6.09 Å². The van der Waals surface area contributed by atoms with Gasteiger partial charge in [0.05, 0.1) is 10.4 Å². The number of carbonyl (C=O) groups is 1. The highest BCUT2D eigenvalue weighted by Gasteiger charge is 2.24. The maximum Gasteiger partial charge on any atom is 0.407 e. The van der Waals surface area contributed by atoms with Crippen molar-refractivity contribution < 1.29 is 18.3 Å². The third kappa shape index (κ3) is 6.99. The van der Waals surface area contributed by atoms with Crippen molar-refractivity contribution in [1.29, 1.82) is 0 Å². The summed E-state index contributed by atoms with van der Waals surface area (Å²) in [6.45, 7) is 19.6. The minimum absolute atomic E-state index is 0.0653. The van der Waals surface area contributed by atoms with Crippen LogP contribution >= 0.6 is 0 Å². The van der Waals surface area contributed by atoms with Gasteiger partial charge in [0.25, 0.3) is 10.0 Å². The fraction of sp³-hybridized carbons (Fsp3) is 0.400. The maximum atomic E-state index is 12.9. The van der Waals surface area contributed by atoms with Crippen molar-refractivity contribution in [2.24, 2.45) is 5.92 Å². The Balaban J connectivity index is 0.000000820. The maximum absolute atomic E-state index is 12.9. The zero-order valence-electron chi connectivity index (χ0n) is 20.4. The number of carboxylic acid groups (broad SMARTS) is 1. The van der Waals surface area contributed by atoms with Crippen LogP contribution in [0.3, 0.4) is 0 Å². The van der Waals surface area contributed by atoms with Gasteiger partial charge < -0.3 is 14.9 Å². The van der Waals surface area contributed by atoms with Gasteiger partial charge in [-0.1, -0.05) is 59.9 Å². The van der Waals surface area contributed by atoms with Crippen molar-refractivity contribution in [3.8, 4) is 0 Å². The molecule has 1 aliphatic rings. The number of benzene rings is 1. The zero-order chi connectivity index (χ0) is 25.2. The number of allylic oxidation sites excluding steroid dienone is 3. The number of fused-ring (bicyclic) bond motifs is 1. The molecule has 0 bridgehead atoms. The zero-order valence-corrected chi connectivity index (χ0v) is 21.2. The Labute approximate surface area is 198 Å². The second kappa shape index (κ2) is 12.9. The number of piperazine rings is 1. The van der Waals surface area contributed by atoms with Gasteiger partial charge in [-0.2, -0.15) is 0 Å². The Bertz CT molecular complexity index is 1070. The van der Waals surface area contributed by atoms with Gasteiger partial charge in [-0.05, 0) is 36.3 Å². The first kappa shape index (κ1) is 28.0. The predicted molar refractivity (Wildman–Crippen MR) is 138 cm³/mol. The summed E-state index contributed by atoms with van der Waals surface area (Å²) >= 11 is 0. The standard InChI is InChI=1S/C19H21N3O4S.C4H10.C2H6/c1-3-6-15(4-2)27(25,26)22-10-9-16-17(7-5-8-18(16)22)20-11-13-21(14-12-20)19(23)24;1-4(2)3;1-2/h3-10H,1-2,11-14H2,(H,23,24);4H,1-3H3;1-2H3/b15-6+;;. The van der Waals surface area contributed by atoms with E-state index in [2.05, 4.69) is 38.8 Å². The summed E-state index contributed by atoms with van der Waals surface area (Å²) in [7, 11) is -3.78. The SMILES string of the molecule is C=C/C=C(\C=C)S(=O)(=O)n1ccc2c(N3CCN(C(=O)O)CC3)cccc21.CC.CC(C)C. The number of hydrogen-bond acceptors (Lipinski definition) is 4. The van der Waals surface area contributed by atoms with E-state index in [-0.39, 0.29) is 4.91 Å². The van der Waals surface area contributed by atoms with E-state index in [4.69, 9.17) is 5.11 Å². The van der Waals surface area contributed by atoms with Gasteiger partial charge in [-0.15, -0.1) is 0 Å². The Kier molecular flexibility index (Phi) is 10.9. The fourth-order valence-electron chi connectivity index (χ4n) is 3.24. The first-order valence-electron chi connectivity index (χ1n) is 11.2. The van der Waals surface area contributed by atoms with Crippen LogP contribution < -0.4 is 4.90 Å². The van der Waals surface area contributed by atoms with Crippen LogP contribution in [0.4, 0.5) is 10.5 Å². The molecule has 0 aliphatic carbocycles. The average Bonchev–Trinajstić information content (AvgIpc) is 3.23. The van der Waals surface area contributed by atoms with Crippen molar-refractivity contribution in [1.82, 2.24) is 8.87 Å². The van der Waals surface area contributed by atoms with E-state index in [0.717, 1.165) is 17.0 Å². The van der Waals surface area contributed by atoms with E-state index < -0.39 is 16.1 Å². The Morgan fingerprint density at radius 2 is 1.64 bits per heavy atom. The van der Waals surface area contributed by atoms with Crippen LogP contribution in [0.1, 0.15) is 34.6 Å². The second-order valence-corrected chi connectivity index (χ2v) is 9.64. The van der Waals surface area contributed by atoms with Crippen molar-refractivity contribution >= 4 is 32.7 Å². The smallest absolute Gasteiger partial charge is 0.407 e. The van der Waals surface area contributed by atoms with Crippen molar-refractivity contribution in [3.63, 3.8) is 0 Å². The molecule has 0 spiro atoms. The summed E-state index contributed by atoms with van der Waals surface area (Å²) in [5.74, 6) is 0.833. The molecule has 1 N–H and O–H groups in total. The average molecular weight is 476 g/mol. The van der Waals surface area contributed by atoms with Crippen molar-refractivity contribution in [2.45, 2.75) is 34.6 Å². The van der Waals surface area contributed by atoms with E-state index in [1.54, 1.807) is 18.2 Å². The number of rotatable bonds is 5. The van der Waals surface area contributed by atoms with Crippen molar-refractivity contribution in [3.05, 3.63) is 66.8 Å². The molecule has 0 saturated carbocycles. The van der Waals surface area contributed by atoms with E-state index in [1.165, 1.54) is 33.3 Å². The molecule has 1 aliphatic heterocycles. The Hall–Kier alpha value is -3.00. The van der Waals surface area contributed by atoms with Gasteiger partial charge in [-0.25, -0.2) is 17.2 Å². The molecule has 7 nitrogen and oxygen atoms in total. The second-order valence-electron chi connectivity index (χ2n) is 7.82. The molecule has 1 amide bonds. The van der Waals surface area contributed by atoms with Gasteiger partial charge in [0.1, 0.15) is 0 Å². The molecule has 0 radical (unpaired) electrons. The van der Waals surface area contributed by atoms with Crippen LogP contribution in [-0.2, 0) is 10.0 Å². The van der Waals surface area contributed by atoms with E-state index in [1.807, 2.05) is 19.9 Å². The summed E-state index contributed by atoms with van der Waals surface area (Å²) in [6, 6.07) is 7.24. The van der Waals surface area contributed by atoms with Gasteiger partial charge in [0.15, 0.2) is 0 Å². The monoisotopic (exact) mass is 475 g/mol. The molecule has 2 aromatic rings. The number of amides is 1. The third-order valence-electron chi connectivity index (χ3n) is 4.61. The van der Waals surface area contributed by atoms with Crippen LogP contribution in [0, 0.1) is 5.92 Å². The minimum Gasteiger partial charge on any atom is -0.465 e. The Morgan fingerprint density at radius 3 is 2.12 bits per heavy atom. The summed E-state index contributed by atoms with van der Waals surface area (Å²) in [5.41, 5.74) is 1.45. The van der Waals surface area contributed by atoms with E-state index in [9.17, 15) is 13.2 Å². The quantitative estimate of drug-likeness (QED) is 0.572. The minimum atomic E-state index is -3.78. The van der Waals surface area contributed by atoms with Crippen LogP contribution in [0.15, 0.2) is 66.8 Å². The predicted octanol–water partition coefficient (Wildman–Crippen LogP) is 5.56. The topological polar surface area (TPSA) is 82.9 Å². The lowest BCUT2D eigenvalue weighted by Crippen LogP contribution is -2.48. The first-order chi connectivity index (χ1) is 15.6. The van der Waals surface area contributed by atoms with E-state index in [0.29, 0.717) is 31.7 Å². The molecule has 0 atom stereocenters. The lowest BCUT2D eigenvalue weighted by molar-refractivity contribution is 0.142. The first-order valence-corrected chi connectivity index (χ1v) is 12.6. The van der Waals surface area contributed by atoms with Crippen LogP contribution in [-0.4, -0.2) is 54.7 Å². The highest BCUT2D eigenvalue weighted by molar-refractivity contribution is 7.94. The molecule has 2 heterocycles. The summed E-state index contributed by atoms with van der Waals surface area (Å²) in [6.07, 6.45) is 4.71. The highest BCUT2D eigenvalue weighted by atomic mass is 32.2. The molecule has 8 heteroatoms. The lowest BCUT2D eigenvalue weighted by Gasteiger charge is -2.35. The molecule has 1 aromatic heterocycles. The summed E-state index contributed by atoms with van der Waals surface area (Å²) in [4.78, 5) is 14.6. The molecule has 33 heavy (non-hydrogen) atoms. The molecular formula is C25H37N3O4S. The van der Waals surface area contributed by atoms with Gasteiger partial charge in [0.2, 0.25) is 0 Å². The summed E-state index contributed by atoms with van der Waals surface area (Å²) < 4.78 is 27.1. The number of anilines is 1. The number of hydrogen-bond donors (Lipinski definition) is 1. The molecule has 182 valence electrons. The van der Waals surface area contributed by atoms with Crippen molar-refractivity contribution in [2.75, 3.05) is 31.1 Å². The highest BCUT2D eigenvalue weighted by Crippen LogP contribution is 2.30. The third-order valence-corrected chi connectivity index (χ3v) is 6.34.